The van der Waals surface area contributed by atoms with E-state index in [0.717, 1.165) is 16.9 Å². The highest BCUT2D eigenvalue weighted by atomic mass is 79.9. The number of thioether (sulfide) groups is 1. The molecule has 1 saturated carbocycles. The van der Waals surface area contributed by atoms with Gasteiger partial charge < -0.3 is 14.2 Å². The quantitative estimate of drug-likeness (QED) is 0.277. The number of aliphatic imine (C=N–C) groups is 1. The van der Waals surface area contributed by atoms with E-state index in [1.807, 2.05) is 6.92 Å². The standard InChI is InChI=1S/C21H30BrFN2O4SSi/c1-20(15-10-14(22)6-7-16(15)23)17-11-21(17,12-27-2)30-19(25-20)29-18(26)24-13-28-8-9-31(3,4)5/h6-7,10,17H,8-9,11-13H2,1-5H3,(H,24,26)/t17?,20-,21-/m1/s1. The number of ether oxygens (including phenoxy) is 3. The van der Waals surface area contributed by atoms with Crippen molar-refractivity contribution in [3.8, 4) is 0 Å². The average Bonchev–Trinajstić information content (AvgIpc) is 3.38. The van der Waals surface area contributed by atoms with Crippen LogP contribution in [0.15, 0.2) is 27.7 Å². The predicted octanol–water partition coefficient (Wildman–Crippen LogP) is 5.35. The normalized spacial score (nSPS) is 27.3. The Morgan fingerprint density at radius 3 is 2.84 bits per heavy atom. The van der Waals surface area contributed by atoms with Gasteiger partial charge in [0.25, 0.3) is 5.23 Å². The summed E-state index contributed by atoms with van der Waals surface area (Å²) in [5, 5.41) is 2.82. The molecule has 1 unspecified atom stereocenters. The summed E-state index contributed by atoms with van der Waals surface area (Å²) in [4.78, 5) is 17.0. The van der Waals surface area contributed by atoms with Crippen LogP contribution in [0.5, 0.6) is 0 Å². The van der Waals surface area contributed by atoms with E-state index < -0.39 is 19.7 Å². The van der Waals surface area contributed by atoms with Gasteiger partial charge in [-0.2, -0.15) is 0 Å². The number of rotatable bonds is 8. The zero-order valence-electron chi connectivity index (χ0n) is 18.6. The lowest BCUT2D eigenvalue weighted by Gasteiger charge is -2.34. The number of nitrogens with one attached hydrogen (secondary N) is 1. The lowest BCUT2D eigenvalue weighted by atomic mass is 9.86. The molecule has 0 aromatic heterocycles. The number of halogens is 2. The van der Waals surface area contributed by atoms with Crippen LogP contribution >= 0.6 is 27.7 Å². The maximum absolute atomic E-state index is 14.8. The summed E-state index contributed by atoms with van der Waals surface area (Å²) in [7, 11) is 0.454. The van der Waals surface area contributed by atoms with Gasteiger partial charge in [-0.1, -0.05) is 47.3 Å². The van der Waals surface area contributed by atoms with E-state index >= 15 is 0 Å². The van der Waals surface area contributed by atoms with Crippen molar-refractivity contribution in [2.24, 2.45) is 10.9 Å². The van der Waals surface area contributed by atoms with E-state index in [1.54, 1.807) is 19.2 Å². The SMILES string of the molecule is COC[C@]12CC1[C@@](C)(c1cc(Br)ccc1F)N=C(OC(=O)NCOCC[Si](C)(C)C)S2. The van der Waals surface area contributed by atoms with Crippen molar-refractivity contribution in [2.75, 3.05) is 27.1 Å². The van der Waals surface area contributed by atoms with Gasteiger partial charge in [0.2, 0.25) is 0 Å². The number of methoxy groups -OCH3 is 1. The Morgan fingerprint density at radius 2 is 2.16 bits per heavy atom. The first-order valence-electron chi connectivity index (χ1n) is 10.3. The molecule has 1 N–H and O–H groups in total. The summed E-state index contributed by atoms with van der Waals surface area (Å²) in [5.74, 6) is -0.256. The topological polar surface area (TPSA) is 69.2 Å². The van der Waals surface area contributed by atoms with Crippen molar-refractivity contribution in [1.82, 2.24) is 5.32 Å². The predicted molar refractivity (Wildman–Crippen MR) is 128 cm³/mol. The van der Waals surface area contributed by atoms with E-state index in [4.69, 9.17) is 19.2 Å². The second-order valence-corrected chi connectivity index (χ2v) is 17.3. The van der Waals surface area contributed by atoms with Crippen molar-refractivity contribution in [3.05, 3.63) is 34.1 Å². The fraction of sp³-hybridized carbons (Fsp3) is 0.619. The molecule has 0 bridgehead atoms. The monoisotopic (exact) mass is 532 g/mol. The van der Waals surface area contributed by atoms with Gasteiger partial charge >= 0.3 is 6.09 Å². The fourth-order valence-corrected chi connectivity index (χ4v) is 6.48. The summed E-state index contributed by atoms with van der Waals surface area (Å²) in [6.45, 7) is 9.83. The van der Waals surface area contributed by atoms with Crippen molar-refractivity contribution in [2.45, 2.75) is 49.3 Å². The summed E-state index contributed by atoms with van der Waals surface area (Å²) in [6.07, 6.45) is 0.161. The molecular weight excluding hydrogens is 503 g/mol. The molecule has 31 heavy (non-hydrogen) atoms. The molecule has 1 aliphatic carbocycles. The van der Waals surface area contributed by atoms with Gasteiger partial charge in [0.05, 0.1) is 16.9 Å². The molecule has 0 spiro atoms. The van der Waals surface area contributed by atoms with E-state index in [-0.39, 0.29) is 28.4 Å². The average molecular weight is 534 g/mol. The first kappa shape index (κ1) is 24.7. The molecule has 3 atom stereocenters. The molecule has 1 aliphatic heterocycles. The van der Waals surface area contributed by atoms with Crippen LogP contribution in [-0.2, 0) is 19.7 Å². The highest BCUT2D eigenvalue weighted by Gasteiger charge is 2.67. The molecule has 1 aromatic carbocycles. The molecule has 1 heterocycles. The van der Waals surface area contributed by atoms with E-state index in [0.29, 0.717) is 18.8 Å². The second kappa shape index (κ2) is 9.50. The Bertz CT molecular complexity index is 868. The number of hydrogen-bond acceptors (Lipinski definition) is 6. The molecule has 1 fully saturated rings. The molecule has 3 rings (SSSR count). The number of benzene rings is 1. The molecule has 172 valence electrons. The third-order valence-electron chi connectivity index (χ3n) is 5.67. The molecule has 10 heteroatoms. The fourth-order valence-electron chi connectivity index (χ4n) is 3.86. The molecule has 2 aliphatic rings. The first-order valence-corrected chi connectivity index (χ1v) is 15.6. The highest BCUT2D eigenvalue weighted by Crippen LogP contribution is 2.66. The maximum atomic E-state index is 14.8. The van der Waals surface area contributed by atoms with Gasteiger partial charge in [-0.25, -0.2) is 14.2 Å². The second-order valence-electron chi connectivity index (χ2n) is 9.44. The van der Waals surface area contributed by atoms with Crippen molar-refractivity contribution < 1.29 is 23.4 Å². The molecule has 1 amide bonds. The largest absolute Gasteiger partial charge is 0.416 e. The van der Waals surface area contributed by atoms with Crippen LogP contribution in [0.1, 0.15) is 18.9 Å². The zero-order valence-corrected chi connectivity index (χ0v) is 22.0. The van der Waals surface area contributed by atoms with Crippen LogP contribution in [0.25, 0.3) is 0 Å². The summed E-state index contributed by atoms with van der Waals surface area (Å²) in [6, 6.07) is 5.84. The van der Waals surface area contributed by atoms with Crippen molar-refractivity contribution in [3.63, 3.8) is 0 Å². The number of alkyl carbamates (subject to hydrolysis) is 1. The third kappa shape index (κ3) is 5.90. The maximum Gasteiger partial charge on any atom is 0.416 e. The Balaban J connectivity index is 1.71. The molecule has 6 nitrogen and oxygen atoms in total. The van der Waals surface area contributed by atoms with Gasteiger partial charge in [-0.15, -0.1) is 0 Å². The van der Waals surface area contributed by atoms with Crippen molar-refractivity contribution >= 4 is 47.1 Å². The summed E-state index contributed by atoms with van der Waals surface area (Å²) >= 11 is 4.81. The molecule has 1 aromatic rings. The summed E-state index contributed by atoms with van der Waals surface area (Å²) < 4.78 is 31.7. The lowest BCUT2D eigenvalue weighted by molar-refractivity contribution is 0.120. The Hall–Kier alpha value is -0.943. The number of hydrogen-bond donors (Lipinski definition) is 1. The Morgan fingerprint density at radius 1 is 1.42 bits per heavy atom. The zero-order chi connectivity index (χ0) is 22.9. The van der Waals surface area contributed by atoms with Crippen LogP contribution in [-0.4, -0.2) is 51.2 Å². The third-order valence-corrected chi connectivity index (χ3v) is 9.20. The molecule has 0 saturated heterocycles. The van der Waals surface area contributed by atoms with Crippen LogP contribution in [0.2, 0.25) is 25.7 Å². The summed E-state index contributed by atoms with van der Waals surface area (Å²) in [5.41, 5.74) is -0.387. The minimum Gasteiger partial charge on any atom is -0.385 e. The van der Waals surface area contributed by atoms with E-state index in [2.05, 4.69) is 40.9 Å². The number of nitrogens with zero attached hydrogens (tertiary/aromatic N) is 1. The van der Waals surface area contributed by atoms with Gasteiger partial charge in [-0.3, -0.25) is 5.32 Å². The minimum absolute atomic E-state index is 0.0740. The minimum atomic E-state index is -1.18. The smallest absolute Gasteiger partial charge is 0.385 e. The number of fused-ring (bicyclic) bond motifs is 1. The van der Waals surface area contributed by atoms with Crippen LogP contribution in [0, 0.1) is 11.7 Å². The molecular formula is C21H30BrFN2O4SSi. The van der Waals surface area contributed by atoms with Gasteiger partial charge in [0, 0.05) is 37.7 Å². The number of carbonyl (C=O) groups is 1. The van der Waals surface area contributed by atoms with Gasteiger partial charge in [0.15, 0.2) is 0 Å². The van der Waals surface area contributed by atoms with Gasteiger partial charge in [-0.05, 0) is 37.6 Å². The van der Waals surface area contributed by atoms with Crippen molar-refractivity contribution in [1.29, 1.82) is 0 Å². The van der Waals surface area contributed by atoms with Gasteiger partial charge in [0.1, 0.15) is 12.5 Å². The van der Waals surface area contributed by atoms with Crippen LogP contribution in [0.3, 0.4) is 0 Å². The lowest BCUT2D eigenvalue weighted by Crippen LogP contribution is -2.38. The Kier molecular flexibility index (Phi) is 7.57. The molecule has 0 radical (unpaired) electrons. The highest BCUT2D eigenvalue weighted by molar-refractivity contribution is 9.10. The van der Waals surface area contributed by atoms with Crippen LogP contribution in [0.4, 0.5) is 9.18 Å². The van der Waals surface area contributed by atoms with Crippen LogP contribution < -0.4 is 5.32 Å². The van der Waals surface area contributed by atoms with E-state index in [1.165, 1.54) is 17.8 Å². The number of carbonyl (C=O) groups excluding carboxylic acids is 1. The van der Waals surface area contributed by atoms with E-state index in [9.17, 15) is 9.18 Å². The Labute approximate surface area is 196 Å². The number of amides is 1. The first-order chi connectivity index (χ1) is 14.5.